The van der Waals surface area contributed by atoms with Crippen LogP contribution < -0.4 is 29.6 Å². The van der Waals surface area contributed by atoms with Crippen molar-refractivity contribution in [3.63, 3.8) is 0 Å². The second-order valence-corrected chi connectivity index (χ2v) is 6.03. The van der Waals surface area contributed by atoms with Crippen LogP contribution in [0.15, 0.2) is 36.4 Å². The summed E-state index contributed by atoms with van der Waals surface area (Å²) in [6.45, 7) is 3.52. The van der Waals surface area contributed by atoms with E-state index in [0.717, 1.165) is 40.7 Å². The highest BCUT2D eigenvalue weighted by Crippen LogP contribution is 2.34. The van der Waals surface area contributed by atoms with E-state index < -0.39 is 0 Å². The molecule has 0 atom stereocenters. The second-order valence-electron chi connectivity index (χ2n) is 5.62. The van der Waals surface area contributed by atoms with Gasteiger partial charge < -0.3 is 29.6 Å². The minimum atomic E-state index is 0.257. The van der Waals surface area contributed by atoms with Gasteiger partial charge in [-0.15, -0.1) is 0 Å². The predicted octanol–water partition coefficient (Wildman–Crippen LogP) is 3.35. The fourth-order valence-electron chi connectivity index (χ4n) is 2.61. The molecule has 0 saturated heterocycles. The first-order valence-electron chi connectivity index (χ1n) is 8.44. The Kier molecular flexibility index (Phi) is 6.01. The number of anilines is 1. The molecule has 1 heterocycles. The molecule has 0 amide bonds. The summed E-state index contributed by atoms with van der Waals surface area (Å²) in [6.07, 6.45) is 0.811. The van der Waals surface area contributed by atoms with E-state index in [1.807, 2.05) is 43.3 Å². The standard InChI is InChI=1S/C19H22N2O4S/c1-3-23-15-6-4-13(10-17(15)22-2)8-9-20-19(26)21-14-5-7-16-18(11-14)25-12-24-16/h4-7,10-11H,3,8-9,12H2,1-2H3,(H2,20,21,26). The predicted molar refractivity (Wildman–Crippen MR) is 105 cm³/mol. The monoisotopic (exact) mass is 374 g/mol. The minimum Gasteiger partial charge on any atom is -0.493 e. The second kappa shape index (κ2) is 8.62. The zero-order valence-corrected chi connectivity index (χ0v) is 15.7. The molecule has 2 aromatic carbocycles. The third-order valence-corrected chi connectivity index (χ3v) is 4.10. The van der Waals surface area contributed by atoms with Gasteiger partial charge in [-0.05, 0) is 55.4 Å². The largest absolute Gasteiger partial charge is 0.493 e. The number of hydrogen-bond donors (Lipinski definition) is 2. The van der Waals surface area contributed by atoms with E-state index in [2.05, 4.69) is 10.6 Å². The SMILES string of the molecule is CCOc1ccc(CCNC(=S)Nc2ccc3c(c2)OCO3)cc1OC. The molecule has 6 nitrogen and oxygen atoms in total. The zero-order valence-electron chi connectivity index (χ0n) is 14.8. The fourth-order valence-corrected chi connectivity index (χ4v) is 2.83. The molecule has 2 N–H and O–H groups in total. The van der Waals surface area contributed by atoms with Gasteiger partial charge in [-0.3, -0.25) is 0 Å². The van der Waals surface area contributed by atoms with Gasteiger partial charge >= 0.3 is 0 Å². The smallest absolute Gasteiger partial charge is 0.231 e. The van der Waals surface area contributed by atoms with Crippen LogP contribution in [0.1, 0.15) is 12.5 Å². The lowest BCUT2D eigenvalue weighted by atomic mass is 10.1. The van der Waals surface area contributed by atoms with E-state index in [-0.39, 0.29) is 6.79 Å². The molecule has 138 valence electrons. The average Bonchev–Trinajstić information content (AvgIpc) is 3.10. The number of benzene rings is 2. The number of fused-ring (bicyclic) bond motifs is 1. The van der Waals surface area contributed by atoms with Crippen LogP contribution in [0, 0.1) is 0 Å². The van der Waals surface area contributed by atoms with Gasteiger partial charge in [-0.25, -0.2) is 0 Å². The van der Waals surface area contributed by atoms with Gasteiger partial charge in [0.15, 0.2) is 28.1 Å². The van der Waals surface area contributed by atoms with Crippen LogP contribution in [-0.4, -0.2) is 32.2 Å². The normalized spacial score (nSPS) is 11.8. The van der Waals surface area contributed by atoms with E-state index in [4.69, 9.17) is 31.2 Å². The Labute approximate surface area is 158 Å². The molecule has 1 aliphatic rings. The van der Waals surface area contributed by atoms with E-state index >= 15 is 0 Å². The van der Waals surface area contributed by atoms with Crippen molar-refractivity contribution in [1.82, 2.24) is 5.32 Å². The van der Waals surface area contributed by atoms with Crippen LogP contribution in [0.5, 0.6) is 23.0 Å². The quantitative estimate of drug-likeness (QED) is 0.721. The first-order valence-corrected chi connectivity index (χ1v) is 8.84. The summed E-state index contributed by atoms with van der Waals surface area (Å²) in [5, 5.41) is 6.90. The van der Waals surface area contributed by atoms with Crippen molar-refractivity contribution in [3.8, 4) is 23.0 Å². The van der Waals surface area contributed by atoms with E-state index in [1.165, 1.54) is 0 Å². The van der Waals surface area contributed by atoms with Crippen LogP contribution in [0.25, 0.3) is 0 Å². The van der Waals surface area contributed by atoms with Crippen LogP contribution in [-0.2, 0) is 6.42 Å². The van der Waals surface area contributed by atoms with Crippen molar-refractivity contribution < 1.29 is 18.9 Å². The third kappa shape index (κ3) is 4.49. The lowest BCUT2D eigenvalue weighted by molar-refractivity contribution is 0.174. The van der Waals surface area contributed by atoms with E-state index in [9.17, 15) is 0 Å². The molecule has 1 aliphatic heterocycles. The summed E-state index contributed by atoms with van der Waals surface area (Å²) in [6, 6.07) is 11.6. The number of rotatable bonds is 7. The van der Waals surface area contributed by atoms with Crippen molar-refractivity contribution in [2.75, 3.05) is 32.4 Å². The summed E-state index contributed by atoms with van der Waals surface area (Å²) in [5.41, 5.74) is 2.00. The molecule has 0 bridgehead atoms. The molecule has 0 aromatic heterocycles. The van der Waals surface area contributed by atoms with Gasteiger partial charge in [-0.1, -0.05) is 6.07 Å². The molecule has 0 saturated carbocycles. The zero-order chi connectivity index (χ0) is 18.4. The van der Waals surface area contributed by atoms with Gasteiger partial charge in [0, 0.05) is 18.3 Å². The van der Waals surface area contributed by atoms with Gasteiger partial charge in [0.05, 0.1) is 13.7 Å². The minimum absolute atomic E-state index is 0.257. The number of hydrogen-bond acceptors (Lipinski definition) is 5. The molecule has 0 unspecified atom stereocenters. The number of thiocarbonyl (C=S) groups is 1. The van der Waals surface area contributed by atoms with Crippen molar-refractivity contribution in [1.29, 1.82) is 0 Å². The highest BCUT2D eigenvalue weighted by Gasteiger charge is 2.13. The summed E-state index contributed by atoms with van der Waals surface area (Å²) in [4.78, 5) is 0. The summed E-state index contributed by atoms with van der Waals surface area (Å²) in [7, 11) is 1.64. The third-order valence-electron chi connectivity index (χ3n) is 3.86. The molecule has 2 aromatic rings. The molecular formula is C19H22N2O4S. The van der Waals surface area contributed by atoms with Crippen LogP contribution in [0.3, 0.4) is 0 Å². The maximum Gasteiger partial charge on any atom is 0.231 e. The molecule has 3 rings (SSSR count). The molecular weight excluding hydrogens is 352 g/mol. The fraction of sp³-hybridized carbons (Fsp3) is 0.316. The summed E-state index contributed by atoms with van der Waals surface area (Å²) < 4.78 is 21.6. The van der Waals surface area contributed by atoms with Gasteiger partial charge in [0.2, 0.25) is 6.79 Å². The molecule has 26 heavy (non-hydrogen) atoms. The van der Waals surface area contributed by atoms with Crippen molar-refractivity contribution >= 4 is 23.0 Å². The van der Waals surface area contributed by atoms with Crippen LogP contribution in [0.4, 0.5) is 5.69 Å². The van der Waals surface area contributed by atoms with Gasteiger partial charge in [0.25, 0.3) is 0 Å². The van der Waals surface area contributed by atoms with Crippen molar-refractivity contribution in [3.05, 3.63) is 42.0 Å². The number of ether oxygens (including phenoxy) is 4. The Morgan fingerprint density at radius 1 is 1.12 bits per heavy atom. The topological polar surface area (TPSA) is 61.0 Å². The van der Waals surface area contributed by atoms with E-state index in [0.29, 0.717) is 18.3 Å². The highest BCUT2D eigenvalue weighted by molar-refractivity contribution is 7.80. The van der Waals surface area contributed by atoms with Crippen molar-refractivity contribution in [2.24, 2.45) is 0 Å². The summed E-state index contributed by atoms with van der Waals surface area (Å²) >= 11 is 5.34. The maximum atomic E-state index is 5.53. The Balaban J connectivity index is 1.49. The number of nitrogens with one attached hydrogen (secondary N) is 2. The highest BCUT2D eigenvalue weighted by atomic mass is 32.1. The maximum absolute atomic E-state index is 5.53. The Bertz CT molecular complexity index is 782. The number of methoxy groups -OCH3 is 1. The Hall–Kier alpha value is -2.67. The van der Waals surface area contributed by atoms with E-state index in [1.54, 1.807) is 7.11 Å². The van der Waals surface area contributed by atoms with Crippen LogP contribution >= 0.6 is 12.2 Å². The molecule has 0 radical (unpaired) electrons. The lowest BCUT2D eigenvalue weighted by Crippen LogP contribution is -2.30. The first kappa shape index (κ1) is 18.1. The Morgan fingerprint density at radius 3 is 2.77 bits per heavy atom. The lowest BCUT2D eigenvalue weighted by Gasteiger charge is -2.13. The average molecular weight is 374 g/mol. The van der Waals surface area contributed by atoms with Crippen LogP contribution in [0.2, 0.25) is 0 Å². The Morgan fingerprint density at radius 2 is 1.96 bits per heavy atom. The van der Waals surface area contributed by atoms with Gasteiger partial charge in [-0.2, -0.15) is 0 Å². The molecule has 7 heteroatoms. The molecule has 0 fully saturated rings. The van der Waals surface area contributed by atoms with Crippen molar-refractivity contribution in [2.45, 2.75) is 13.3 Å². The molecule has 0 spiro atoms. The molecule has 0 aliphatic carbocycles. The van der Waals surface area contributed by atoms with Gasteiger partial charge in [0.1, 0.15) is 0 Å². The summed E-state index contributed by atoms with van der Waals surface area (Å²) in [5.74, 6) is 2.97. The first-order chi connectivity index (χ1) is 12.7.